The van der Waals surface area contributed by atoms with Crippen molar-refractivity contribution < 1.29 is 0 Å². The van der Waals surface area contributed by atoms with Crippen LogP contribution in [-0.4, -0.2) is 9.43 Å². The van der Waals surface area contributed by atoms with Gasteiger partial charge in [-0.15, -0.1) is 0 Å². The molecule has 0 saturated heterocycles. The summed E-state index contributed by atoms with van der Waals surface area (Å²) in [7, 11) is 0. The van der Waals surface area contributed by atoms with Crippen molar-refractivity contribution in [2.45, 2.75) is 0 Å². The molecule has 1 heterocycles. The zero-order valence-electron chi connectivity index (χ0n) is 5.64. The van der Waals surface area contributed by atoms with E-state index in [0.29, 0.717) is 5.69 Å². The highest BCUT2D eigenvalue weighted by molar-refractivity contribution is 7.83. The number of hydrogen-bond acceptors (Lipinski definition) is 2. The van der Waals surface area contributed by atoms with Gasteiger partial charge in [0.15, 0.2) is 4.45 Å². The van der Waals surface area contributed by atoms with E-state index in [1.54, 1.807) is 12.1 Å². The van der Waals surface area contributed by atoms with Crippen LogP contribution in [0.5, 0.6) is 0 Å². The van der Waals surface area contributed by atoms with E-state index in [0.717, 1.165) is 0 Å². The van der Waals surface area contributed by atoms with Gasteiger partial charge in [-0.2, -0.15) is 0 Å². The molecule has 0 aliphatic carbocycles. The molecule has 1 rings (SSSR count). The van der Waals surface area contributed by atoms with Crippen LogP contribution in [0.2, 0.25) is 10.3 Å². The van der Waals surface area contributed by atoms with Gasteiger partial charge < -0.3 is 5.32 Å². The fourth-order valence-corrected chi connectivity index (χ4v) is 1.34. The van der Waals surface area contributed by atoms with Crippen LogP contribution < -0.4 is 5.32 Å². The van der Waals surface area contributed by atoms with E-state index >= 15 is 0 Å². The molecule has 0 spiro atoms. The zero-order chi connectivity index (χ0) is 9.14. The van der Waals surface area contributed by atoms with Crippen molar-refractivity contribution in [1.82, 2.24) is 4.98 Å². The maximum absolute atomic E-state index is 5.61. The monoisotopic (exact) mass is 240 g/mol. The summed E-state index contributed by atoms with van der Waals surface area (Å²) < 4.78 is 0.133. The van der Waals surface area contributed by atoms with E-state index < -0.39 is 0 Å². The first-order valence-electron chi connectivity index (χ1n) is 2.87. The fourth-order valence-electron chi connectivity index (χ4n) is 0.651. The summed E-state index contributed by atoms with van der Waals surface area (Å²) in [6, 6.07) is 3.14. The minimum atomic E-state index is 0.133. The molecule has 0 saturated carbocycles. The van der Waals surface area contributed by atoms with E-state index in [2.05, 4.69) is 22.5 Å². The number of nitrogens with zero attached hydrogens (tertiary/aromatic N) is 1. The molecule has 0 bridgehead atoms. The summed E-state index contributed by atoms with van der Waals surface area (Å²) in [5.74, 6) is 0. The predicted octanol–water partition coefficient (Wildman–Crippen LogP) is 3.32. The van der Waals surface area contributed by atoms with Gasteiger partial charge in [0.2, 0.25) is 0 Å². The minimum Gasteiger partial charge on any atom is -0.337 e. The summed E-state index contributed by atoms with van der Waals surface area (Å²) in [6.45, 7) is 0. The molecule has 1 N–H and O–H groups in total. The Balaban J connectivity index is 2.93. The molecule has 0 atom stereocenters. The molecular formula is C6H3Cl3N2S. The van der Waals surface area contributed by atoms with Crippen LogP contribution in [0.25, 0.3) is 0 Å². The van der Waals surface area contributed by atoms with Crippen molar-refractivity contribution >= 4 is 57.2 Å². The molecule has 1 aromatic rings. The highest BCUT2D eigenvalue weighted by atomic mass is 35.5. The Hall–Kier alpha value is -0.0900. The molecule has 2 nitrogen and oxygen atoms in total. The summed E-state index contributed by atoms with van der Waals surface area (Å²) >= 11 is 21.3. The second-order valence-corrected chi connectivity index (χ2v) is 3.68. The van der Waals surface area contributed by atoms with Gasteiger partial charge in [0.25, 0.3) is 0 Å². The number of nitrogens with one attached hydrogen (secondary N) is 1. The highest BCUT2D eigenvalue weighted by Crippen LogP contribution is 2.18. The van der Waals surface area contributed by atoms with E-state index in [4.69, 9.17) is 34.8 Å². The Bertz CT molecular complexity index is 295. The Morgan fingerprint density at radius 3 is 2.25 bits per heavy atom. The number of halogens is 3. The summed E-state index contributed by atoms with van der Waals surface area (Å²) in [6.07, 6.45) is 0. The van der Waals surface area contributed by atoms with Gasteiger partial charge in [-0.1, -0.05) is 34.8 Å². The lowest BCUT2D eigenvalue weighted by Gasteiger charge is -2.02. The molecule has 1 aromatic heterocycles. The molecule has 0 fully saturated rings. The standard InChI is InChI=1S/C6H3Cl3N2S/c7-4-1-3(10-6(9)12)2-5(8)11-4/h1-2H,(H,10,11,12). The topological polar surface area (TPSA) is 24.9 Å². The van der Waals surface area contributed by atoms with Crippen LogP contribution in [-0.2, 0) is 0 Å². The fraction of sp³-hybridized carbons (Fsp3) is 0. The summed E-state index contributed by atoms with van der Waals surface area (Å²) in [5, 5.41) is 3.25. The quantitative estimate of drug-likeness (QED) is 0.353. The Kier molecular flexibility index (Phi) is 3.53. The smallest absolute Gasteiger partial charge is 0.171 e. The first-order valence-corrected chi connectivity index (χ1v) is 4.42. The molecule has 64 valence electrons. The third-order valence-corrected chi connectivity index (χ3v) is 1.59. The number of anilines is 1. The Morgan fingerprint density at radius 1 is 1.33 bits per heavy atom. The summed E-state index contributed by atoms with van der Waals surface area (Å²) in [5.41, 5.74) is 0.625. The van der Waals surface area contributed by atoms with Crippen LogP contribution in [0.1, 0.15) is 0 Å². The van der Waals surface area contributed by atoms with Gasteiger partial charge in [-0.05, 0) is 24.4 Å². The average Bonchev–Trinajstić information content (AvgIpc) is 1.81. The van der Waals surface area contributed by atoms with Crippen LogP contribution in [0.4, 0.5) is 5.69 Å². The number of pyridine rings is 1. The van der Waals surface area contributed by atoms with Crippen molar-refractivity contribution in [3.05, 3.63) is 22.4 Å². The third-order valence-electron chi connectivity index (χ3n) is 1.01. The molecule has 0 amide bonds. The SMILES string of the molecule is S=C(Cl)Nc1cc(Cl)nc(Cl)c1. The highest BCUT2D eigenvalue weighted by Gasteiger charge is 1.99. The lowest BCUT2D eigenvalue weighted by Crippen LogP contribution is -2.00. The molecular weight excluding hydrogens is 239 g/mol. The van der Waals surface area contributed by atoms with Crippen LogP contribution in [0.3, 0.4) is 0 Å². The molecule has 0 aliphatic heterocycles. The molecule has 0 aliphatic rings. The van der Waals surface area contributed by atoms with Gasteiger partial charge in [0, 0.05) is 5.69 Å². The third kappa shape index (κ3) is 3.11. The van der Waals surface area contributed by atoms with E-state index in [9.17, 15) is 0 Å². The van der Waals surface area contributed by atoms with Gasteiger partial charge in [-0.25, -0.2) is 4.98 Å². The van der Waals surface area contributed by atoms with Gasteiger partial charge in [0.05, 0.1) is 0 Å². The predicted molar refractivity (Wildman–Crippen MR) is 56.3 cm³/mol. The van der Waals surface area contributed by atoms with Gasteiger partial charge >= 0.3 is 0 Å². The van der Waals surface area contributed by atoms with Gasteiger partial charge in [0.1, 0.15) is 10.3 Å². The number of rotatable bonds is 1. The van der Waals surface area contributed by atoms with Crippen LogP contribution in [0, 0.1) is 0 Å². The first-order chi connectivity index (χ1) is 5.58. The minimum absolute atomic E-state index is 0.133. The average molecular weight is 242 g/mol. The molecule has 6 heteroatoms. The van der Waals surface area contributed by atoms with E-state index in [1.807, 2.05) is 0 Å². The lowest BCUT2D eigenvalue weighted by molar-refractivity contribution is 1.33. The van der Waals surface area contributed by atoms with Crippen molar-refractivity contribution in [3.63, 3.8) is 0 Å². The van der Waals surface area contributed by atoms with Crippen molar-refractivity contribution in [1.29, 1.82) is 0 Å². The number of aromatic nitrogens is 1. The van der Waals surface area contributed by atoms with Crippen LogP contribution in [0.15, 0.2) is 12.1 Å². The molecule has 0 unspecified atom stereocenters. The van der Waals surface area contributed by atoms with E-state index in [1.165, 1.54) is 0 Å². The molecule has 12 heavy (non-hydrogen) atoms. The normalized spacial score (nSPS) is 9.58. The Morgan fingerprint density at radius 2 is 1.83 bits per heavy atom. The van der Waals surface area contributed by atoms with E-state index in [-0.39, 0.29) is 14.8 Å². The number of hydrogen-bond donors (Lipinski definition) is 1. The van der Waals surface area contributed by atoms with Crippen molar-refractivity contribution in [2.75, 3.05) is 5.32 Å². The largest absolute Gasteiger partial charge is 0.337 e. The van der Waals surface area contributed by atoms with Gasteiger partial charge in [-0.3, -0.25) is 0 Å². The first kappa shape index (κ1) is 9.99. The molecule has 0 radical (unpaired) electrons. The molecule has 0 aromatic carbocycles. The Labute approximate surface area is 89.8 Å². The number of thiocarbonyl (C=S) groups is 1. The summed E-state index contributed by atoms with van der Waals surface area (Å²) in [4.78, 5) is 3.75. The zero-order valence-corrected chi connectivity index (χ0v) is 8.73. The van der Waals surface area contributed by atoms with Crippen LogP contribution >= 0.6 is 47.0 Å². The lowest BCUT2D eigenvalue weighted by atomic mass is 10.4. The van der Waals surface area contributed by atoms with Crippen molar-refractivity contribution in [3.8, 4) is 0 Å². The second kappa shape index (κ2) is 4.23. The maximum atomic E-state index is 5.61. The maximum Gasteiger partial charge on any atom is 0.171 e. The second-order valence-electron chi connectivity index (χ2n) is 1.90. The van der Waals surface area contributed by atoms with Crippen molar-refractivity contribution in [2.24, 2.45) is 0 Å².